The summed E-state index contributed by atoms with van der Waals surface area (Å²) in [5, 5.41) is 1.13. The van der Waals surface area contributed by atoms with E-state index in [1.54, 1.807) is 0 Å². The van der Waals surface area contributed by atoms with Crippen LogP contribution in [0.4, 0.5) is 5.82 Å². The molecule has 0 bridgehead atoms. The average molecular weight is 365 g/mol. The topological polar surface area (TPSA) is 32.3 Å². The summed E-state index contributed by atoms with van der Waals surface area (Å²) in [6, 6.07) is 4.37. The maximum atomic E-state index is 4.96. The van der Waals surface area contributed by atoms with Gasteiger partial charge in [0.05, 0.1) is 5.69 Å². The molecule has 2 aromatic heterocycles. The highest BCUT2D eigenvalue weighted by Gasteiger charge is 2.20. The van der Waals surface area contributed by atoms with Crippen molar-refractivity contribution >= 4 is 17.2 Å². The van der Waals surface area contributed by atoms with Gasteiger partial charge in [0.1, 0.15) is 10.8 Å². The minimum absolute atomic E-state index is 1.04. The van der Waals surface area contributed by atoms with E-state index in [2.05, 4.69) is 40.2 Å². The zero-order valence-corrected chi connectivity index (χ0v) is 15.8. The maximum Gasteiger partial charge on any atom is 0.128 e. The molecule has 1 fully saturated rings. The molecule has 0 N–H and O–H groups in total. The van der Waals surface area contributed by atoms with Crippen LogP contribution >= 0.6 is 11.3 Å². The number of hydrogen-bond donors (Lipinski definition) is 0. The van der Waals surface area contributed by atoms with Crippen LogP contribution in [0, 0.1) is 0 Å². The van der Waals surface area contributed by atoms with Gasteiger partial charge >= 0.3 is 0 Å². The molecule has 0 aromatic carbocycles. The van der Waals surface area contributed by atoms with Gasteiger partial charge in [0.25, 0.3) is 0 Å². The number of hydrogen-bond acceptors (Lipinski definition) is 5. The first kappa shape index (κ1) is 16.1. The molecule has 5 heteroatoms. The van der Waals surface area contributed by atoms with Crippen LogP contribution in [0.5, 0.6) is 0 Å². The summed E-state index contributed by atoms with van der Waals surface area (Å²) >= 11 is 1.85. The first-order valence-electron chi connectivity index (χ1n) is 9.70. The quantitative estimate of drug-likeness (QED) is 0.822. The lowest BCUT2D eigenvalue weighted by molar-refractivity contribution is 0.369. The monoisotopic (exact) mass is 364 g/mol. The van der Waals surface area contributed by atoms with Crippen LogP contribution in [0.25, 0.3) is 10.6 Å². The van der Waals surface area contributed by atoms with E-state index in [4.69, 9.17) is 9.97 Å². The number of anilines is 1. The van der Waals surface area contributed by atoms with Crippen molar-refractivity contribution in [1.82, 2.24) is 14.9 Å². The Bertz CT molecular complexity index is 818. The molecule has 0 atom stereocenters. The smallest absolute Gasteiger partial charge is 0.128 e. The fourth-order valence-electron chi connectivity index (χ4n) is 3.96. The van der Waals surface area contributed by atoms with Gasteiger partial charge in [0, 0.05) is 61.4 Å². The molecule has 2 aliphatic heterocycles. The molecule has 0 radical (unpaired) electrons. The normalized spacial score (nSPS) is 19.6. The Morgan fingerprint density at radius 2 is 1.77 bits per heavy atom. The Balaban J connectivity index is 1.31. The van der Waals surface area contributed by atoms with Gasteiger partial charge in [-0.15, -0.1) is 11.3 Å². The van der Waals surface area contributed by atoms with Gasteiger partial charge in [-0.25, -0.2) is 9.97 Å². The van der Waals surface area contributed by atoms with Crippen molar-refractivity contribution < 1.29 is 0 Å². The largest absolute Gasteiger partial charge is 0.371 e. The third-order valence-electron chi connectivity index (χ3n) is 5.58. The predicted molar refractivity (Wildman–Crippen MR) is 108 cm³/mol. The highest BCUT2D eigenvalue weighted by Crippen LogP contribution is 2.32. The van der Waals surface area contributed by atoms with Gasteiger partial charge in [-0.2, -0.15) is 0 Å². The van der Waals surface area contributed by atoms with Crippen molar-refractivity contribution in [3.8, 4) is 10.6 Å². The highest BCUT2D eigenvalue weighted by atomic mass is 32.1. The third-order valence-corrected chi connectivity index (χ3v) is 6.79. The fourth-order valence-corrected chi connectivity index (χ4v) is 5.05. The summed E-state index contributed by atoms with van der Waals surface area (Å²) in [5.74, 6) is 1.11. The third kappa shape index (κ3) is 3.05. The van der Waals surface area contributed by atoms with Crippen molar-refractivity contribution in [3.63, 3.8) is 0 Å². The van der Waals surface area contributed by atoms with Gasteiger partial charge < -0.3 is 9.80 Å². The van der Waals surface area contributed by atoms with Crippen LogP contribution in [0.2, 0.25) is 0 Å². The average Bonchev–Trinajstić information content (AvgIpc) is 2.97. The zero-order valence-electron chi connectivity index (χ0n) is 15.0. The molecule has 4 heterocycles. The van der Waals surface area contributed by atoms with E-state index in [1.807, 2.05) is 17.5 Å². The number of thiazole rings is 1. The molecule has 1 saturated heterocycles. The van der Waals surface area contributed by atoms with Crippen LogP contribution in [-0.4, -0.2) is 41.0 Å². The number of aromatic nitrogens is 2. The van der Waals surface area contributed by atoms with Gasteiger partial charge in [-0.1, -0.05) is 6.08 Å². The molecule has 1 aliphatic carbocycles. The fraction of sp³-hybridized carbons (Fsp3) is 0.429. The van der Waals surface area contributed by atoms with Crippen molar-refractivity contribution in [2.45, 2.75) is 32.1 Å². The van der Waals surface area contributed by atoms with Gasteiger partial charge in [-0.3, -0.25) is 0 Å². The van der Waals surface area contributed by atoms with Crippen molar-refractivity contribution in [1.29, 1.82) is 0 Å². The molecular formula is C21H24N4S. The lowest BCUT2D eigenvalue weighted by Crippen LogP contribution is -2.29. The summed E-state index contributed by atoms with van der Waals surface area (Å²) in [7, 11) is 0. The van der Waals surface area contributed by atoms with E-state index >= 15 is 0 Å². The zero-order chi connectivity index (χ0) is 17.3. The Hall–Kier alpha value is -2.14. The Kier molecular flexibility index (Phi) is 4.25. The second-order valence-electron chi connectivity index (χ2n) is 7.28. The van der Waals surface area contributed by atoms with Crippen molar-refractivity contribution in [2.24, 2.45) is 0 Å². The molecule has 0 amide bonds. The van der Waals surface area contributed by atoms with Crippen molar-refractivity contribution in [2.75, 3.05) is 31.1 Å². The van der Waals surface area contributed by atoms with Crippen LogP contribution in [-0.2, 0) is 12.8 Å². The van der Waals surface area contributed by atoms with E-state index in [1.165, 1.54) is 35.5 Å². The Morgan fingerprint density at radius 1 is 0.923 bits per heavy atom. The SMILES string of the molecule is C1=CC(N2CCc3nc(-c4ccc(N5CCCCC5)nc4)sc3CC2)=C1. The molecule has 5 rings (SSSR count). The lowest BCUT2D eigenvalue weighted by atomic mass is 10.1. The maximum absolute atomic E-state index is 4.96. The van der Waals surface area contributed by atoms with E-state index in [0.29, 0.717) is 0 Å². The van der Waals surface area contributed by atoms with Gasteiger partial charge in [-0.05, 0) is 43.5 Å². The van der Waals surface area contributed by atoms with Crippen LogP contribution < -0.4 is 4.90 Å². The van der Waals surface area contributed by atoms with Crippen LogP contribution in [0.1, 0.15) is 29.8 Å². The predicted octanol–water partition coefficient (Wildman–Crippen LogP) is 4.05. The lowest BCUT2D eigenvalue weighted by Gasteiger charge is -2.27. The number of allylic oxidation sites excluding steroid dienone is 3. The standard InChI is InChI=1S/C21H24N4S/c1-2-11-25(12-3-1)20-8-7-16(15-22-20)21-23-18-9-13-24(17-5-4-6-17)14-10-19(18)26-21/h4-8,15H,1-3,9-14H2. The molecule has 26 heavy (non-hydrogen) atoms. The summed E-state index contributed by atoms with van der Waals surface area (Å²) in [4.78, 5) is 16.0. The number of pyridine rings is 1. The van der Waals surface area contributed by atoms with E-state index in [9.17, 15) is 0 Å². The summed E-state index contributed by atoms with van der Waals surface area (Å²) in [6.07, 6.45) is 14.6. The Morgan fingerprint density at radius 3 is 2.50 bits per heavy atom. The summed E-state index contributed by atoms with van der Waals surface area (Å²) < 4.78 is 0. The minimum atomic E-state index is 1.04. The van der Waals surface area contributed by atoms with E-state index in [-0.39, 0.29) is 0 Å². The van der Waals surface area contributed by atoms with Gasteiger partial charge in [0.2, 0.25) is 0 Å². The van der Waals surface area contributed by atoms with Crippen LogP contribution in [0.15, 0.2) is 42.3 Å². The molecule has 0 spiro atoms. The molecule has 134 valence electrons. The molecule has 3 aliphatic rings. The molecule has 0 saturated carbocycles. The molecular weight excluding hydrogens is 340 g/mol. The minimum Gasteiger partial charge on any atom is -0.371 e. The molecule has 0 unspecified atom stereocenters. The summed E-state index contributed by atoms with van der Waals surface area (Å²) in [5.41, 5.74) is 3.82. The first-order chi connectivity index (χ1) is 12.9. The number of piperidine rings is 1. The number of fused-ring (bicyclic) bond motifs is 1. The second kappa shape index (κ2) is 6.88. The molecule has 2 aromatic rings. The van der Waals surface area contributed by atoms with Gasteiger partial charge in [0.15, 0.2) is 0 Å². The van der Waals surface area contributed by atoms with Crippen LogP contribution in [0.3, 0.4) is 0 Å². The van der Waals surface area contributed by atoms with E-state index < -0.39 is 0 Å². The molecule has 4 nitrogen and oxygen atoms in total. The first-order valence-corrected chi connectivity index (χ1v) is 10.5. The second-order valence-corrected chi connectivity index (χ2v) is 8.36. The number of nitrogens with zero attached hydrogens (tertiary/aromatic N) is 4. The summed E-state index contributed by atoms with van der Waals surface area (Å²) in [6.45, 7) is 4.44. The van der Waals surface area contributed by atoms with E-state index in [0.717, 1.165) is 55.4 Å². The Labute approximate surface area is 158 Å². The number of rotatable bonds is 3. The highest BCUT2D eigenvalue weighted by molar-refractivity contribution is 7.15. The van der Waals surface area contributed by atoms with Crippen molar-refractivity contribution in [3.05, 3.63) is 52.8 Å².